The molecule has 1 unspecified atom stereocenters. The number of allylic oxidation sites excluding steroid dienone is 3. The first-order valence-corrected chi connectivity index (χ1v) is 12.0. The van der Waals surface area contributed by atoms with Crippen LogP contribution >= 0.6 is 0 Å². The fraction of sp³-hybridized carbons (Fsp3) is 0.333. The fourth-order valence-electron chi connectivity index (χ4n) is 4.97. The first-order valence-electron chi connectivity index (χ1n) is 12.0. The number of fused-ring (bicyclic) bond motifs is 2. The van der Waals surface area contributed by atoms with E-state index in [-0.39, 0.29) is 12.5 Å². The van der Waals surface area contributed by atoms with E-state index in [0.29, 0.717) is 47.3 Å². The van der Waals surface area contributed by atoms with Crippen molar-refractivity contribution in [2.75, 3.05) is 40.2 Å². The van der Waals surface area contributed by atoms with Crippen LogP contribution in [0.15, 0.2) is 65.8 Å². The second-order valence-electron chi connectivity index (χ2n) is 9.22. The van der Waals surface area contributed by atoms with E-state index in [1.54, 1.807) is 51.7 Å². The van der Waals surface area contributed by atoms with Gasteiger partial charge in [-0.1, -0.05) is 31.2 Å². The van der Waals surface area contributed by atoms with Crippen LogP contribution in [0.3, 0.4) is 0 Å². The molecule has 2 N–H and O–H groups in total. The van der Waals surface area contributed by atoms with Crippen LogP contribution in [0.25, 0.3) is 11.6 Å². The van der Waals surface area contributed by atoms with Gasteiger partial charge in [0, 0.05) is 48.4 Å². The SMILES string of the molecule is COC/C(OC)=C(\CC(C)/C=C/c1cc(C)c2n1[B-](F)(F)N1CC=CC1=C2c1ccc(N)cc1)OC. The predicted octanol–water partition coefficient (Wildman–Crippen LogP) is 5.44. The number of aromatic nitrogens is 1. The Kier molecular flexibility index (Phi) is 7.31. The summed E-state index contributed by atoms with van der Waals surface area (Å²) in [6.45, 7) is 0.322. The molecule has 2 aliphatic rings. The molecule has 1 aromatic heterocycles. The summed E-state index contributed by atoms with van der Waals surface area (Å²) in [5.74, 6) is 1.29. The van der Waals surface area contributed by atoms with Crippen molar-refractivity contribution in [3.05, 3.63) is 88.3 Å². The van der Waals surface area contributed by atoms with Gasteiger partial charge in [-0.05, 0) is 54.3 Å². The van der Waals surface area contributed by atoms with E-state index in [9.17, 15) is 0 Å². The molecule has 6 nitrogen and oxygen atoms in total. The molecule has 3 heterocycles. The van der Waals surface area contributed by atoms with Crippen LogP contribution in [-0.4, -0.2) is 50.7 Å². The van der Waals surface area contributed by atoms with E-state index in [0.717, 1.165) is 16.7 Å². The maximum absolute atomic E-state index is 16.0. The van der Waals surface area contributed by atoms with Gasteiger partial charge in [0.05, 0.1) is 14.2 Å². The Morgan fingerprint density at radius 1 is 1.14 bits per heavy atom. The lowest BCUT2D eigenvalue weighted by molar-refractivity contribution is 0.133. The first kappa shape index (κ1) is 25.6. The molecule has 0 radical (unpaired) electrons. The number of benzene rings is 1. The molecular formula is C27H33BF2N3O3-. The normalized spacial score (nSPS) is 17.8. The van der Waals surface area contributed by atoms with Crippen molar-refractivity contribution in [1.29, 1.82) is 0 Å². The summed E-state index contributed by atoms with van der Waals surface area (Å²) in [5, 5.41) is 0. The molecule has 0 saturated carbocycles. The maximum atomic E-state index is 16.0. The minimum absolute atomic E-state index is 0.00857. The molecule has 0 amide bonds. The average molecular weight is 496 g/mol. The second kappa shape index (κ2) is 10.3. The molecule has 0 saturated heterocycles. The molecule has 2 aliphatic heterocycles. The molecular weight excluding hydrogens is 463 g/mol. The van der Waals surface area contributed by atoms with Crippen molar-refractivity contribution < 1.29 is 22.8 Å². The molecule has 1 aromatic carbocycles. The second-order valence-corrected chi connectivity index (χ2v) is 9.22. The zero-order chi connectivity index (χ0) is 26.0. The molecule has 0 spiro atoms. The summed E-state index contributed by atoms with van der Waals surface area (Å²) < 4.78 is 49.2. The van der Waals surface area contributed by atoms with Crippen LogP contribution in [-0.2, 0) is 14.2 Å². The van der Waals surface area contributed by atoms with Gasteiger partial charge >= 0.3 is 6.97 Å². The molecule has 36 heavy (non-hydrogen) atoms. The van der Waals surface area contributed by atoms with E-state index < -0.39 is 6.97 Å². The van der Waals surface area contributed by atoms with Crippen LogP contribution in [0.4, 0.5) is 14.3 Å². The van der Waals surface area contributed by atoms with E-state index in [1.165, 1.54) is 9.29 Å². The summed E-state index contributed by atoms with van der Waals surface area (Å²) in [6.07, 6.45) is 7.83. The highest BCUT2D eigenvalue weighted by molar-refractivity contribution is 6.63. The zero-order valence-corrected chi connectivity index (χ0v) is 21.4. The molecule has 0 fully saturated rings. The van der Waals surface area contributed by atoms with Crippen molar-refractivity contribution in [1.82, 2.24) is 9.29 Å². The first-order chi connectivity index (χ1) is 17.2. The number of anilines is 1. The van der Waals surface area contributed by atoms with Crippen molar-refractivity contribution >= 4 is 24.3 Å². The van der Waals surface area contributed by atoms with Gasteiger partial charge < -0.3 is 37.9 Å². The summed E-state index contributed by atoms with van der Waals surface area (Å²) in [7, 11) is 4.74. The minimum atomic E-state index is -4.03. The standard InChI is InChI=1S/C27H33BF2N3O3/c1-18(15-24(35-4)25(36-5)17-34-3)8-13-22-16-19(2)27-26(20-9-11-21(31)12-10-20)23-7-6-14-32(23)28(29,30)33(22)27/h6-13,16,18H,14-15,17,31H2,1-5H3/q-1/b13-8+,25-24-. The minimum Gasteiger partial charge on any atom is -0.497 e. The highest BCUT2D eigenvalue weighted by atomic mass is 19.2. The van der Waals surface area contributed by atoms with Crippen LogP contribution < -0.4 is 5.73 Å². The predicted molar refractivity (Wildman–Crippen MR) is 141 cm³/mol. The molecule has 1 atom stereocenters. The van der Waals surface area contributed by atoms with Gasteiger partial charge in [-0.15, -0.1) is 0 Å². The topological polar surface area (TPSA) is 61.9 Å². The van der Waals surface area contributed by atoms with Crippen molar-refractivity contribution in [2.24, 2.45) is 5.92 Å². The summed E-state index contributed by atoms with van der Waals surface area (Å²) in [6, 6.07) is 9.20. The molecule has 0 aliphatic carbocycles. The van der Waals surface area contributed by atoms with E-state index >= 15 is 8.63 Å². The lowest BCUT2D eigenvalue weighted by atomic mass is 9.84. The quantitative estimate of drug-likeness (QED) is 0.285. The van der Waals surface area contributed by atoms with Gasteiger partial charge in [-0.25, -0.2) is 0 Å². The fourth-order valence-corrected chi connectivity index (χ4v) is 4.97. The van der Waals surface area contributed by atoms with Crippen LogP contribution in [0.5, 0.6) is 0 Å². The number of nitrogens with two attached hydrogens (primary N) is 1. The van der Waals surface area contributed by atoms with Crippen molar-refractivity contribution in [2.45, 2.75) is 20.3 Å². The zero-order valence-electron chi connectivity index (χ0n) is 21.4. The Labute approximate surface area is 211 Å². The number of hydrogen-bond acceptors (Lipinski definition) is 5. The number of ether oxygens (including phenoxy) is 3. The lowest BCUT2D eigenvalue weighted by Gasteiger charge is -2.46. The van der Waals surface area contributed by atoms with Gasteiger partial charge in [-0.2, -0.15) is 0 Å². The maximum Gasteiger partial charge on any atom is 0.529 e. The van der Waals surface area contributed by atoms with Gasteiger partial charge in [0.15, 0.2) is 5.76 Å². The van der Waals surface area contributed by atoms with Crippen molar-refractivity contribution in [3.8, 4) is 0 Å². The van der Waals surface area contributed by atoms with Gasteiger partial charge in [-0.3, -0.25) is 0 Å². The largest absolute Gasteiger partial charge is 0.529 e. The Hall–Kier alpha value is -3.46. The van der Waals surface area contributed by atoms with Crippen LogP contribution in [0.2, 0.25) is 0 Å². The third-order valence-corrected chi connectivity index (χ3v) is 6.70. The Balaban J connectivity index is 1.75. The highest BCUT2D eigenvalue weighted by Crippen LogP contribution is 2.44. The summed E-state index contributed by atoms with van der Waals surface area (Å²) >= 11 is 0. The van der Waals surface area contributed by atoms with E-state index in [2.05, 4.69) is 0 Å². The van der Waals surface area contributed by atoms with E-state index in [4.69, 9.17) is 19.9 Å². The molecule has 0 bridgehead atoms. The van der Waals surface area contributed by atoms with Crippen LogP contribution in [0.1, 0.15) is 35.9 Å². The monoisotopic (exact) mass is 496 g/mol. The number of methoxy groups -OCH3 is 3. The number of halogens is 2. The summed E-state index contributed by atoms with van der Waals surface area (Å²) in [5.41, 5.74) is 10.5. The van der Waals surface area contributed by atoms with Crippen molar-refractivity contribution in [3.63, 3.8) is 0 Å². The lowest BCUT2D eigenvalue weighted by Crippen LogP contribution is -2.54. The molecule has 2 aromatic rings. The number of rotatable bonds is 9. The number of aryl methyl sites for hydroxylation is 1. The van der Waals surface area contributed by atoms with E-state index in [1.807, 2.05) is 38.1 Å². The molecule has 9 heteroatoms. The smallest absolute Gasteiger partial charge is 0.497 e. The third-order valence-electron chi connectivity index (χ3n) is 6.70. The Bertz CT molecular complexity index is 1250. The Morgan fingerprint density at radius 3 is 2.47 bits per heavy atom. The third kappa shape index (κ3) is 4.55. The van der Waals surface area contributed by atoms with Crippen LogP contribution in [0, 0.1) is 12.8 Å². The highest BCUT2D eigenvalue weighted by Gasteiger charge is 2.44. The number of nitrogen functional groups attached to an aromatic ring is 1. The number of hydrogen-bond donors (Lipinski definition) is 1. The van der Waals surface area contributed by atoms with Gasteiger partial charge in [0.1, 0.15) is 12.4 Å². The average Bonchev–Trinajstić information content (AvgIpc) is 3.47. The molecule has 192 valence electrons. The molecule has 4 rings (SSSR count). The van der Waals surface area contributed by atoms with Gasteiger partial charge in [0.25, 0.3) is 0 Å². The van der Waals surface area contributed by atoms with Gasteiger partial charge in [0.2, 0.25) is 0 Å². The Morgan fingerprint density at radius 2 is 1.83 bits per heavy atom. The number of nitrogens with zero attached hydrogens (tertiary/aromatic N) is 2. The summed E-state index contributed by atoms with van der Waals surface area (Å²) in [4.78, 5) is 1.21.